The number of H-pyrrole nitrogens is 2. The molecule has 4 aliphatic rings. The summed E-state index contributed by atoms with van der Waals surface area (Å²) in [7, 11) is 0. The first-order valence-electron chi connectivity index (χ1n) is 14.7. The van der Waals surface area contributed by atoms with E-state index >= 15 is 0 Å². The van der Waals surface area contributed by atoms with E-state index in [1.807, 2.05) is 42.5 Å². The Hall–Kier alpha value is -5.22. The Morgan fingerprint density at radius 3 is 1.79 bits per heavy atom. The predicted molar refractivity (Wildman–Crippen MR) is 178 cm³/mol. The van der Waals surface area contributed by atoms with Crippen LogP contribution in [0.3, 0.4) is 0 Å². The molecule has 2 aliphatic carbocycles. The van der Waals surface area contributed by atoms with Crippen molar-refractivity contribution in [2.24, 2.45) is 0 Å². The molecule has 5 heterocycles. The zero-order chi connectivity index (χ0) is 27.9. The number of aryl methyl sites for hydroxylation is 1. The summed E-state index contributed by atoms with van der Waals surface area (Å²) in [6, 6.07) is 25.6. The van der Waals surface area contributed by atoms with Gasteiger partial charge in [-0.3, -0.25) is 0 Å². The SMILES string of the molecule is C1=Cc2c(ccc3c4c(ccc23)=CCCC=4)CC1.C1=Cc2cc3ccc(cc4ccc(cc5nc(cc1n2)C=C5)[nH]4)[nH]3. The van der Waals surface area contributed by atoms with Gasteiger partial charge in [-0.25, -0.2) is 9.97 Å². The molecule has 4 nitrogen and oxygen atoms in total. The lowest BCUT2D eigenvalue weighted by Crippen LogP contribution is -2.27. The van der Waals surface area contributed by atoms with Crippen LogP contribution >= 0.6 is 0 Å². The van der Waals surface area contributed by atoms with Gasteiger partial charge in [0.25, 0.3) is 0 Å². The maximum atomic E-state index is 4.62. The smallest absolute Gasteiger partial charge is 0.0659 e. The first kappa shape index (κ1) is 24.6. The number of rotatable bonds is 0. The van der Waals surface area contributed by atoms with Crippen molar-refractivity contribution in [1.29, 1.82) is 0 Å². The monoisotopic (exact) mass is 542 g/mol. The molecule has 0 amide bonds. The molecule has 0 saturated heterocycles. The van der Waals surface area contributed by atoms with Gasteiger partial charge in [0.15, 0.2) is 0 Å². The van der Waals surface area contributed by atoms with Crippen molar-refractivity contribution in [3.05, 3.63) is 123 Å². The molecule has 202 valence electrons. The number of allylic oxidation sites excluding steroid dienone is 1. The van der Waals surface area contributed by atoms with Gasteiger partial charge < -0.3 is 9.97 Å². The molecule has 4 heteroatoms. The van der Waals surface area contributed by atoms with Crippen LogP contribution in [0.2, 0.25) is 0 Å². The van der Waals surface area contributed by atoms with E-state index in [0.29, 0.717) is 0 Å². The number of fused-ring (bicyclic) bond motifs is 13. The van der Waals surface area contributed by atoms with Gasteiger partial charge in [0.05, 0.1) is 22.8 Å². The van der Waals surface area contributed by atoms with Gasteiger partial charge in [0, 0.05) is 22.1 Å². The Morgan fingerprint density at radius 2 is 1.10 bits per heavy atom. The normalized spacial score (nSPS) is 14.4. The summed E-state index contributed by atoms with van der Waals surface area (Å²) in [4.78, 5) is 16.0. The van der Waals surface area contributed by atoms with Crippen LogP contribution in [-0.4, -0.2) is 19.9 Å². The molecular weight excluding hydrogens is 512 g/mol. The van der Waals surface area contributed by atoms with E-state index in [4.69, 9.17) is 0 Å². The van der Waals surface area contributed by atoms with Gasteiger partial charge in [-0.15, -0.1) is 0 Å². The molecule has 2 aliphatic heterocycles. The predicted octanol–water partition coefficient (Wildman–Crippen LogP) is 7.81. The van der Waals surface area contributed by atoms with Crippen LogP contribution in [-0.2, 0) is 6.42 Å². The summed E-state index contributed by atoms with van der Waals surface area (Å²) >= 11 is 0. The fourth-order valence-electron chi connectivity index (χ4n) is 6.19. The Bertz CT molecular complexity index is 2170. The van der Waals surface area contributed by atoms with Crippen molar-refractivity contribution >= 4 is 75.4 Å². The van der Waals surface area contributed by atoms with Crippen LogP contribution in [0.15, 0.2) is 78.9 Å². The maximum Gasteiger partial charge on any atom is 0.0659 e. The van der Waals surface area contributed by atoms with Gasteiger partial charge in [0.1, 0.15) is 0 Å². The number of benzene rings is 2. The number of nitrogens with one attached hydrogen (secondary N) is 2. The van der Waals surface area contributed by atoms with Gasteiger partial charge in [-0.05, 0) is 131 Å². The highest BCUT2D eigenvalue weighted by molar-refractivity contribution is 5.93. The number of aromatic amines is 2. The van der Waals surface area contributed by atoms with Crippen LogP contribution in [0.4, 0.5) is 0 Å². The lowest BCUT2D eigenvalue weighted by Gasteiger charge is -2.14. The van der Waals surface area contributed by atoms with E-state index in [1.54, 1.807) is 0 Å². The zero-order valence-electron chi connectivity index (χ0n) is 23.3. The average molecular weight is 543 g/mol. The van der Waals surface area contributed by atoms with Gasteiger partial charge in [-0.2, -0.15) is 0 Å². The van der Waals surface area contributed by atoms with E-state index < -0.39 is 0 Å². The highest BCUT2D eigenvalue weighted by Gasteiger charge is 2.09. The average Bonchev–Trinajstić information content (AvgIpc) is 3.84. The summed E-state index contributed by atoms with van der Waals surface area (Å²) in [6.45, 7) is 0. The van der Waals surface area contributed by atoms with Crippen LogP contribution in [0, 0.1) is 0 Å². The largest absolute Gasteiger partial charge is 0.355 e. The van der Waals surface area contributed by atoms with Crippen molar-refractivity contribution in [3.8, 4) is 0 Å². The van der Waals surface area contributed by atoms with Crippen LogP contribution in [0.5, 0.6) is 0 Å². The molecule has 3 aromatic heterocycles. The molecule has 0 radical (unpaired) electrons. The topological polar surface area (TPSA) is 57.4 Å². The number of nitrogens with zero attached hydrogens (tertiary/aromatic N) is 2. The minimum atomic E-state index is 0.915. The molecule has 9 rings (SSSR count). The molecule has 5 aromatic rings. The third kappa shape index (κ3) is 4.82. The molecule has 0 fully saturated rings. The number of hydrogen-bond donors (Lipinski definition) is 2. The third-order valence-electron chi connectivity index (χ3n) is 8.19. The number of hydrogen-bond acceptors (Lipinski definition) is 2. The standard InChI is InChI=1S/C20H14N4.C18H16/c1-2-14-10-16-5-6-18(23-16)12-20-8-7-19(24-20)11-17-4-3-15(22-17)9-13(1)21-14;1-3-7-15-13(5-1)9-11-18-16-8-4-2-6-14(16)10-12-17(15)18/h1-12,21-22H;3,6-12H,1-2,4-5H2. The van der Waals surface area contributed by atoms with Crippen molar-refractivity contribution in [1.82, 2.24) is 19.9 Å². The van der Waals surface area contributed by atoms with E-state index in [0.717, 1.165) is 44.8 Å². The quantitative estimate of drug-likeness (QED) is 0.205. The van der Waals surface area contributed by atoms with Gasteiger partial charge in [0.2, 0.25) is 0 Å². The van der Waals surface area contributed by atoms with Crippen molar-refractivity contribution in [3.63, 3.8) is 0 Å². The van der Waals surface area contributed by atoms with E-state index in [2.05, 4.69) is 98.8 Å². The van der Waals surface area contributed by atoms with Crippen LogP contribution in [0.1, 0.15) is 53.2 Å². The second kappa shape index (κ2) is 10.3. The summed E-state index contributed by atoms with van der Waals surface area (Å²) in [5, 5.41) is 5.71. The Balaban J connectivity index is 0.000000132. The third-order valence-corrected chi connectivity index (χ3v) is 8.19. The number of aromatic nitrogens is 4. The second-order valence-electron chi connectivity index (χ2n) is 11.1. The summed E-state index contributed by atoms with van der Waals surface area (Å²) in [5.41, 5.74) is 10.8. The van der Waals surface area contributed by atoms with Crippen LogP contribution < -0.4 is 10.4 Å². The minimum absolute atomic E-state index is 0.915. The molecule has 0 spiro atoms. The fraction of sp³-hybridized carbons (Fsp3) is 0.105. The highest BCUT2D eigenvalue weighted by Crippen LogP contribution is 2.26. The van der Waals surface area contributed by atoms with Gasteiger partial charge >= 0.3 is 0 Å². The molecule has 0 unspecified atom stereocenters. The summed E-state index contributed by atoms with van der Waals surface area (Å²) in [6.07, 6.45) is 22.2. The van der Waals surface area contributed by atoms with Crippen molar-refractivity contribution < 1.29 is 0 Å². The molecule has 2 N–H and O–H groups in total. The lowest BCUT2D eigenvalue weighted by atomic mass is 9.90. The summed E-state index contributed by atoms with van der Waals surface area (Å²) in [5.74, 6) is 0. The fourth-order valence-corrected chi connectivity index (χ4v) is 6.19. The molecule has 2 aromatic carbocycles. The van der Waals surface area contributed by atoms with Gasteiger partial charge in [-0.1, -0.05) is 48.6 Å². The molecule has 8 bridgehead atoms. The highest BCUT2D eigenvalue weighted by atomic mass is 14.8. The molecule has 0 saturated carbocycles. The second-order valence-corrected chi connectivity index (χ2v) is 11.1. The van der Waals surface area contributed by atoms with Crippen LogP contribution in [0.25, 0.3) is 75.4 Å². The Labute approximate surface area is 243 Å². The first-order valence-corrected chi connectivity index (χ1v) is 14.7. The Kier molecular flexibility index (Phi) is 6.03. The van der Waals surface area contributed by atoms with Crippen molar-refractivity contribution in [2.45, 2.75) is 25.7 Å². The van der Waals surface area contributed by atoms with Crippen molar-refractivity contribution in [2.75, 3.05) is 0 Å². The molecule has 42 heavy (non-hydrogen) atoms. The summed E-state index contributed by atoms with van der Waals surface area (Å²) < 4.78 is 0. The minimum Gasteiger partial charge on any atom is -0.355 e. The maximum absolute atomic E-state index is 4.62. The zero-order valence-corrected chi connectivity index (χ0v) is 23.3. The van der Waals surface area contributed by atoms with E-state index in [1.165, 1.54) is 58.0 Å². The lowest BCUT2D eigenvalue weighted by molar-refractivity contribution is 0.989. The Morgan fingerprint density at radius 1 is 0.500 bits per heavy atom. The van der Waals surface area contributed by atoms with E-state index in [9.17, 15) is 0 Å². The molecule has 0 atom stereocenters. The molecular formula is C38H30N4. The first-order chi connectivity index (χ1) is 20.7. The van der Waals surface area contributed by atoms with E-state index in [-0.39, 0.29) is 0 Å².